The minimum absolute atomic E-state index is 0.0178. The van der Waals surface area contributed by atoms with Gasteiger partial charge in [-0.15, -0.1) is 0 Å². The van der Waals surface area contributed by atoms with E-state index in [4.69, 9.17) is 13.8 Å². The fourth-order valence-corrected chi connectivity index (χ4v) is 11.2. The molecule has 3 unspecified atom stereocenters. The number of quaternary nitrogens is 1. The Morgan fingerprint density at radius 2 is 0.734 bits per heavy atom. The number of hydrogen-bond donors (Lipinski definition) is 1. The van der Waals surface area contributed by atoms with E-state index in [1.54, 1.807) is 0 Å². The molecule has 0 rings (SSSR count). The van der Waals surface area contributed by atoms with E-state index in [9.17, 15) is 19.0 Å². The number of hydrogen-bond acceptors (Lipinski definition) is 7. The Labute approximate surface area is 492 Å². The number of likely N-dealkylation sites (N-methyl/N-ethyl adjacent to an activating group) is 1. The second kappa shape index (κ2) is 59.6. The van der Waals surface area contributed by atoms with Gasteiger partial charge in [-0.1, -0.05) is 309 Å². The number of phosphoric acid groups is 1. The highest BCUT2D eigenvalue weighted by Crippen LogP contribution is 2.38. The molecule has 0 aromatic carbocycles. The maximum Gasteiger partial charge on any atom is 0.306 e. The van der Waals surface area contributed by atoms with Crippen LogP contribution in [0.4, 0.5) is 0 Å². The maximum atomic E-state index is 13.6. The predicted molar refractivity (Wildman–Crippen MR) is 340 cm³/mol. The third-order valence-corrected chi connectivity index (χ3v) is 16.8. The Balaban J connectivity index is 4.95. The number of nitrogens with zero attached hydrogens (tertiary/aromatic N) is 1. The summed E-state index contributed by atoms with van der Waals surface area (Å²) in [6, 6.07) is -0.881. The number of amides is 1. The lowest BCUT2D eigenvalue weighted by Crippen LogP contribution is -2.47. The average molecular weight is 1140 g/mol. The molecule has 0 spiro atoms. The van der Waals surface area contributed by atoms with Crippen LogP contribution in [0.25, 0.3) is 0 Å². The van der Waals surface area contributed by atoms with Gasteiger partial charge in [-0.25, -0.2) is 0 Å². The lowest BCUT2D eigenvalue weighted by molar-refractivity contribution is -0.870. The predicted octanol–water partition coefficient (Wildman–Crippen LogP) is 21.0. The first kappa shape index (κ1) is 77.5. The van der Waals surface area contributed by atoms with Gasteiger partial charge >= 0.3 is 5.97 Å². The van der Waals surface area contributed by atoms with Crippen molar-refractivity contribution in [2.45, 2.75) is 367 Å². The van der Waals surface area contributed by atoms with Crippen molar-refractivity contribution in [3.8, 4) is 0 Å². The van der Waals surface area contributed by atoms with Crippen molar-refractivity contribution in [1.29, 1.82) is 0 Å². The Morgan fingerprint density at radius 3 is 1.08 bits per heavy atom. The van der Waals surface area contributed by atoms with Crippen LogP contribution in [0.1, 0.15) is 355 Å². The van der Waals surface area contributed by atoms with E-state index in [1.165, 1.54) is 263 Å². The quantitative estimate of drug-likeness (QED) is 0.0212. The number of unbranched alkanes of at least 4 members (excludes halogenated alkanes) is 46. The van der Waals surface area contributed by atoms with Crippen LogP contribution in [-0.2, 0) is 27.9 Å². The average Bonchev–Trinajstić information content (AvgIpc) is 3.41. The van der Waals surface area contributed by atoms with Crippen molar-refractivity contribution in [2.24, 2.45) is 0 Å². The number of nitrogens with one attached hydrogen (secondary N) is 1. The Kier molecular flexibility index (Phi) is 58.5. The maximum absolute atomic E-state index is 13.6. The SMILES string of the molecule is CCCCCCCC/C=C/CCCCCCCCCCCCCCCCCCCC(=O)NC(COP(=O)([O-])OCC[N+](C)(C)C)C(/C=C\CCCCCCCCCCCC)OC(=O)CCCCCCCCCCCCCCCC. The van der Waals surface area contributed by atoms with Gasteiger partial charge in [-0.3, -0.25) is 14.2 Å². The molecular weight excluding hydrogens is 1000 g/mol. The molecule has 9 nitrogen and oxygen atoms in total. The fourth-order valence-electron chi connectivity index (χ4n) is 10.5. The van der Waals surface area contributed by atoms with Crippen molar-refractivity contribution in [2.75, 3.05) is 40.9 Å². The number of allylic oxidation sites excluding steroid dienone is 3. The zero-order chi connectivity index (χ0) is 57.9. The van der Waals surface area contributed by atoms with E-state index in [1.807, 2.05) is 33.3 Å². The molecule has 1 N–H and O–H groups in total. The first-order chi connectivity index (χ1) is 38.4. The third kappa shape index (κ3) is 60.9. The second-order valence-corrected chi connectivity index (χ2v) is 26.5. The van der Waals surface area contributed by atoms with Crippen LogP contribution in [0.5, 0.6) is 0 Å². The minimum atomic E-state index is -4.69. The Morgan fingerprint density at radius 1 is 0.430 bits per heavy atom. The highest BCUT2D eigenvalue weighted by atomic mass is 31.2. The van der Waals surface area contributed by atoms with Crippen LogP contribution in [-0.4, -0.2) is 69.4 Å². The summed E-state index contributed by atoms with van der Waals surface area (Å²) in [5.74, 6) is -0.519. The Hall–Kier alpha value is -1.51. The molecule has 10 heteroatoms. The van der Waals surface area contributed by atoms with Gasteiger partial charge in [-0.05, 0) is 57.4 Å². The summed E-state index contributed by atoms with van der Waals surface area (Å²) in [6.45, 7) is 6.89. The van der Waals surface area contributed by atoms with Gasteiger partial charge in [0.15, 0.2) is 0 Å². The summed E-state index contributed by atoms with van der Waals surface area (Å²) in [5.41, 5.74) is 0. The van der Waals surface area contributed by atoms with Crippen LogP contribution in [0, 0.1) is 0 Å². The van der Waals surface area contributed by atoms with E-state index in [2.05, 4.69) is 38.2 Å². The highest BCUT2D eigenvalue weighted by molar-refractivity contribution is 7.45. The Bertz CT molecular complexity index is 1400. The van der Waals surface area contributed by atoms with E-state index in [0.29, 0.717) is 17.4 Å². The molecule has 0 aromatic rings. The van der Waals surface area contributed by atoms with Crippen LogP contribution >= 0.6 is 7.82 Å². The van der Waals surface area contributed by atoms with E-state index in [0.717, 1.165) is 57.8 Å². The van der Waals surface area contributed by atoms with Crippen LogP contribution in [0.3, 0.4) is 0 Å². The second-order valence-electron chi connectivity index (χ2n) is 25.0. The van der Waals surface area contributed by atoms with E-state index < -0.39 is 20.0 Å². The van der Waals surface area contributed by atoms with Gasteiger partial charge in [-0.2, -0.15) is 0 Å². The molecule has 0 radical (unpaired) electrons. The summed E-state index contributed by atoms with van der Waals surface area (Å²) < 4.78 is 30.4. The normalized spacial score (nSPS) is 13.7. The molecule has 0 aliphatic rings. The van der Waals surface area contributed by atoms with Crippen molar-refractivity contribution in [1.82, 2.24) is 5.32 Å². The molecule has 0 aromatic heterocycles. The van der Waals surface area contributed by atoms with Crippen molar-refractivity contribution >= 4 is 19.7 Å². The van der Waals surface area contributed by atoms with Gasteiger partial charge in [0.2, 0.25) is 5.91 Å². The molecule has 0 saturated carbocycles. The number of ether oxygens (including phenoxy) is 1. The summed E-state index contributed by atoms with van der Waals surface area (Å²) in [6.07, 6.45) is 71.6. The summed E-state index contributed by atoms with van der Waals surface area (Å²) in [5, 5.41) is 3.05. The molecular formula is C69H135N2O7P. The number of esters is 1. The monoisotopic (exact) mass is 1140 g/mol. The van der Waals surface area contributed by atoms with Crippen molar-refractivity contribution in [3.05, 3.63) is 24.3 Å². The van der Waals surface area contributed by atoms with Gasteiger partial charge in [0.05, 0.1) is 33.8 Å². The zero-order valence-electron chi connectivity index (χ0n) is 53.6. The number of carbonyl (C=O) groups is 2. The molecule has 0 aliphatic heterocycles. The highest BCUT2D eigenvalue weighted by Gasteiger charge is 2.27. The smallest absolute Gasteiger partial charge is 0.306 e. The number of carbonyl (C=O) groups excluding carboxylic acids is 2. The lowest BCUT2D eigenvalue weighted by Gasteiger charge is -2.30. The number of rotatable bonds is 64. The molecule has 0 bridgehead atoms. The van der Waals surface area contributed by atoms with Crippen LogP contribution in [0.15, 0.2) is 24.3 Å². The first-order valence-electron chi connectivity index (χ1n) is 34.6. The van der Waals surface area contributed by atoms with Gasteiger partial charge in [0.1, 0.15) is 19.3 Å². The number of phosphoric ester groups is 1. The standard InChI is InChI=1S/C69H135N2O7P/c1-7-10-13-16-19-22-25-28-30-31-32-33-34-35-36-37-38-39-40-41-42-43-46-49-52-55-58-61-68(72)70-66(65-77-79(74,75)76-64-63-71(4,5)6)67(60-57-54-51-48-45-27-24-21-18-15-12-9-3)78-69(73)62-59-56-53-50-47-44-29-26-23-20-17-14-11-8-2/h28,30,57,60,66-67H,7-27,29,31-56,58-59,61-65H2,1-6H3,(H-,70,72,74,75)/b30-28+,60-57-. The molecule has 468 valence electrons. The van der Waals surface area contributed by atoms with Gasteiger partial charge < -0.3 is 28.5 Å². The lowest BCUT2D eigenvalue weighted by atomic mass is 10.0. The molecule has 1 amide bonds. The van der Waals surface area contributed by atoms with Crippen molar-refractivity contribution in [3.63, 3.8) is 0 Å². The molecule has 0 aliphatic carbocycles. The largest absolute Gasteiger partial charge is 0.756 e. The van der Waals surface area contributed by atoms with E-state index >= 15 is 0 Å². The third-order valence-electron chi connectivity index (χ3n) is 15.9. The van der Waals surface area contributed by atoms with Gasteiger partial charge in [0.25, 0.3) is 7.82 Å². The first-order valence-corrected chi connectivity index (χ1v) is 36.1. The molecule has 3 atom stereocenters. The molecule has 0 fully saturated rings. The van der Waals surface area contributed by atoms with Gasteiger partial charge in [0, 0.05) is 12.8 Å². The summed E-state index contributed by atoms with van der Waals surface area (Å²) in [7, 11) is 1.21. The molecule has 79 heavy (non-hydrogen) atoms. The van der Waals surface area contributed by atoms with Crippen LogP contribution < -0.4 is 10.2 Å². The topological polar surface area (TPSA) is 114 Å². The molecule has 0 heterocycles. The summed E-state index contributed by atoms with van der Waals surface area (Å²) >= 11 is 0. The molecule has 0 saturated heterocycles. The fraction of sp³-hybridized carbons (Fsp3) is 0.913. The summed E-state index contributed by atoms with van der Waals surface area (Å²) in [4.78, 5) is 40.1. The van der Waals surface area contributed by atoms with E-state index in [-0.39, 0.29) is 31.5 Å². The van der Waals surface area contributed by atoms with Crippen molar-refractivity contribution < 1.29 is 37.3 Å². The zero-order valence-corrected chi connectivity index (χ0v) is 54.5. The van der Waals surface area contributed by atoms with Crippen LogP contribution in [0.2, 0.25) is 0 Å². The minimum Gasteiger partial charge on any atom is -0.756 e.